The van der Waals surface area contributed by atoms with E-state index in [1.54, 1.807) is 13.3 Å². The maximum Gasteiger partial charge on any atom is 0.0724 e. The Morgan fingerprint density at radius 1 is 1.62 bits per heavy atom. The quantitative estimate of drug-likeness (QED) is 0.702. The average molecular weight is 203 g/mol. The Morgan fingerprint density at radius 3 is 2.77 bits per heavy atom. The van der Waals surface area contributed by atoms with Crippen LogP contribution in [0.25, 0.3) is 0 Å². The SMILES string of the molecule is COCC(C)n1cc(C(C)Cl)cn1. The summed E-state index contributed by atoms with van der Waals surface area (Å²) >= 11 is 5.91. The molecule has 0 fully saturated rings. The third kappa shape index (κ3) is 2.71. The Balaban J connectivity index is 2.67. The molecule has 0 bridgehead atoms. The van der Waals surface area contributed by atoms with Gasteiger partial charge in [0.2, 0.25) is 0 Å². The van der Waals surface area contributed by atoms with Crippen molar-refractivity contribution in [2.24, 2.45) is 0 Å². The van der Waals surface area contributed by atoms with Crippen molar-refractivity contribution in [1.29, 1.82) is 0 Å². The van der Waals surface area contributed by atoms with Crippen LogP contribution in [0.1, 0.15) is 30.8 Å². The smallest absolute Gasteiger partial charge is 0.0724 e. The molecule has 0 aliphatic carbocycles. The maximum atomic E-state index is 5.91. The maximum absolute atomic E-state index is 5.91. The van der Waals surface area contributed by atoms with Crippen LogP contribution in [0.2, 0.25) is 0 Å². The molecule has 0 spiro atoms. The van der Waals surface area contributed by atoms with Gasteiger partial charge in [-0.05, 0) is 13.8 Å². The second-order valence-electron chi connectivity index (χ2n) is 3.17. The van der Waals surface area contributed by atoms with Gasteiger partial charge < -0.3 is 4.74 Å². The lowest BCUT2D eigenvalue weighted by Gasteiger charge is -2.09. The second kappa shape index (κ2) is 4.63. The summed E-state index contributed by atoms with van der Waals surface area (Å²) in [6, 6.07) is 0.258. The molecule has 1 aromatic rings. The number of rotatable bonds is 4. The van der Waals surface area contributed by atoms with Crippen LogP contribution in [-0.4, -0.2) is 23.5 Å². The Bertz CT molecular complexity index is 260. The van der Waals surface area contributed by atoms with Gasteiger partial charge in [-0.3, -0.25) is 4.68 Å². The van der Waals surface area contributed by atoms with E-state index in [-0.39, 0.29) is 11.4 Å². The van der Waals surface area contributed by atoms with Gasteiger partial charge in [-0.15, -0.1) is 11.6 Å². The van der Waals surface area contributed by atoms with Crippen LogP contribution in [0.4, 0.5) is 0 Å². The first-order valence-electron chi connectivity index (χ1n) is 4.32. The summed E-state index contributed by atoms with van der Waals surface area (Å²) in [4.78, 5) is 0. The zero-order valence-corrected chi connectivity index (χ0v) is 8.95. The number of methoxy groups -OCH3 is 1. The van der Waals surface area contributed by atoms with E-state index in [9.17, 15) is 0 Å². The Kier molecular flexibility index (Phi) is 3.75. The zero-order valence-electron chi connectivity index (χ0n) is 8.20. The third-order valence-electron chi connectivity index (χ3n) is 1.94. The number of nitrogens with zero attached hydrogens (tertiary/aromatic N) is 2. The van der Waals surface area contributed by atoms with Crippen molar-refractivity contribution in [3.8, 4) is 0 Å². The molecule has 2 unspecified atom stereocenters. The van der Waals surface area contributed by atoms with Crippen molar-refractivity contribution in [2.45, 2.75) is 25.3 Å². The van der Waals surface area contributed by atoms with Gasteiger partial charge in [0.05, 0.1) is 24.2 Å². The molecular formula is C9H15ClN2O. The predicted octanol–water partition coefficient (Wildman–Crippen LogP) is 2.39. The minimum atomic E-state index is 0.0171. The van der Waals surface area contributed by atoms with Crippen molar-refractivity contribution >= 4 is 11.6 Å². The van der Waals surface area contributed by atoms with Gasteiger partial charge >= 0.3 is 0 Å². The van der Waals surface area contributed by atoms with Crippen molar-refractivity contribution in [2.75, 3.05) is 13.7 Å². The van der Waals surface area contributed by atoms with E-state index >= 15 is 0 Å². The highest BCUT2D eigenvalue weighted by molar-refractivity contribution is 6.20. The molecule has 0 amide bonds. The fourth-order valence-electron chi connectivity index (χ4n) is 1.12. The van der Waals surface area contributed by atoms with Gasteiger partial charge in [-0.25, -0.2) is 0 Å². The number of halogens is 1. The molecule has 13 heavy (non-hydrogen) atoms. The standard InChI is InChI=1S/C9H15ClN2O/c1-7(6-13-3)12-5-9(4-11-12)8(2)10/h4-5,7-8H,6H2,1-3H3. The summed E-state index contributed by atoms with van der Waals surface area (Å²) in [5.41, 5.74) is 1.05. The lowest BCUT2D eigenvalue weighted by atomic mass is 10.3. The Labute approximate surface area is 83.6 Å². The molecular weight excluding hydrogens is 188 g/mol. The first-order chi connectivity index (χ1) is 6.15. The van der Waals surface area contributed by atoms with E-state index in [0.717, 1.165) is 5.56 Å². The highest BCUT2D eigenvalue weighted by Crippen LogP contribution is 2.19. The second-order valence-corrected chi connectivity index (χ2v) is 3.83. The van der Waals surface area contributed by atoms with Crippen molar-refractivity contribution < 1.29 is 4.74 Å². The van der Waals surface area contributed by atoms with E-state index < -0.39 is 0 Å². The summed E-state index contributed by atoms with van der Waals surface area (Å²) in [6.07, 6.45) is 3.76. The first-order valence-corrected chi connectivity index (χ1v) is 4.76. The monoisotopic (exact) mass is 202 g/mol. The van der Waals surface area contributed by atoms with Gasteiger partial charge in [0.25, 0.3) is 0 Å². The molecule has 3 nitrogen and oxygen atoms in total. The Hall–Kier alpha value is -0.540. The van der Waals surface area contributed by atoms with Crippen LogP contribution in [0.3, 0.4) is 0 Å². The summed E-state index contributed by atoms with van der Waals surface area (Å²) in [7, 11) is 1.69. The molecule has 0 saturated carbocycles. The van der Waals surface area contributed by atoms with E-state index in [2.05, 4.69) is 12.0 Å². The number of aromatic nitrogens is 2. The predicted molar refractivity (Wildman–Crippen MR) is 53.1 cm³/mol. The summed E-state index contributed by atoms with van der Waals surface area (Å²) in [5.74, 6) is 0. The molecule has 0 radical (unpaired) electrons. The van der Waals surface area contributed by atoms with Crippen molar-refractivity contribution in [3.05, 3.63) is 18.0 Å². The van der Waals surface area contributed by atoms with E-state index in [1.165, 1.54) is 0 Å². The molecule has 1 heterocycles. The lowest BCUT2D eigenvalue weighted by molar-refractivity contribution is 0.157. The molecule has 1 aromatic heterocycles. The first kappa shape index (κ1) is 10.5. The van der Waals surface area contributed by atoms with Gasteiger partial charge in [-0.1, -0.05) is 0 Å². The minimum absolute atomic E-state index is 0.0171. The largest absolute Gasteiger partial charge is 0.382 e. The molecule has 0 aliphatic rings. The van der Waals surface area contributed by atoms with Gasteiger partial charge in [0, 0.05) is 18.9 Å². The van der Waals surface area contributed by atoms with Crippen LogP contribution in [0, 0.1) is 0 Å². The number of hydrogen-bond acceptors (Lipinski definition) is 2. The number of ether oxygens (including phenoxy) is 1. The summed E-state index contributed by atoms with van der Waals surface area (Å²) in [6.45, 7) is 4.65. The molecule has 4 heteroatoms. The molecule has 2 atom stereocenters. The van der Waals surface area contributed by atoms with Gasteiger partial charge in [0.15, 0.2) is 0 Å². The topological polar surface area (TPSA) is 27.1 Å². The zero-order chi connectivity index (χ0) is 9.84. The lowest BCUT2D eigenvalue weighted by Crippen LogP contribution is -2.11. The third-order valence-corrected chi connectivity index (χ3v) is 2.19. The molecule has 74 valence electrons. The van der Waals surface area contributed by atoms with Gasteiger partial charge in [0.1, 0.15) is 0 Å². The molecule has 1 rings (SSSR count). The average Bonchev–Trinajstić information content (AvgIpc) is 2.52. The minimum Gasteiger partial charge on any atom is -0.382 e. The highest BCUT2D eigenvalue weighted by atomic mass is 35.5. The highest BCUT2D eigenvalue weighted by Gasteiger charge is 2.08. The fourth-order valence-corrected chi connectivity index (χ4v) is 1.23. The normalized spacial score (nSPS) is 15.7. The number of alkyl halides is 1. The van der Waals surface area contributed by atoms with Crippen LogP contribution in [0.5, 0.6) is 0 Å². The molecule has 0 aromatic carbocycles. The molecule has 0 aliphatic heterocycles. The van der Waals surface area contributed by atoms with Crippen LogP contribution >= 0.6 is 11.6 Å². The van der Waals surface area contributed by atoms with E-state index in [1.807, 2.05) is 17.8 Å². The van der Waals surface area contributed by atoms with E-state index in [0.29, 0.717) is 6.61 Å². The summed E-state index contributed by atoms with van der Waals surface area (Å²) in [5, 5.41) is 4.23. The van der Waals surface area contributed by atoms with E-state index in [4.69, 9.17) is 16.3 Å². The molecule has 0 N–H and O–H groups in total. The molecule has 0 saturated heterocycles. The Morgan fingerprint density at radius 2 is 2.31 bits per heavy atom. The number of hydrogen-bond donors (Lipinski definition) is 0. The van der Waals surface area contributed by atoms with Gasteiger partial charge in [-0.2, -0.15) is 5.10 Å². The van der Waals surface area contributed by atoms with Crippen LogP contribution < -0.4 is 0 Å². The van der Waals surface area contributed by atoms with Crippen LogP contribution in [0.15, 0.2) is 12.4 Å². The fraction of sp³-hybridized carbons (Fsp3) is 0.667. The van der Waals surface area contributed by atoms with Crippen molar-refractivity contribution in [3.63, 3.8) is 0 Å². The van der Waals surface area contributed by atoms with Crippen molar-refractivity contribution in [1.82, 2.24) is 9.78 Å². The summed E-state index contributed by atoms with van der Waals surface area (Å²) < 4.78 is 6.91. The van der Waals surface area contributed by atoms with Crippen LogP contribution in [-0.2, 0) is 4.74 Å².